The number of ether oxygens (including phenoxy) is 2. The number of carbonyl (C=O) groups is 1. The van der Waals surface area contributed by atoms with Gasteiger partial charge in [0.15, 0.2) is 0 Å². The lowest BCUT2D eigenvalue weighted by Crippen LogP contribution is -2.22. The van der Waals surface area contributed by atoms with Crippen molar-refractivity contribution in [3.8, 4) is 11.5 Å². The largest absolute Gasteiger partial charge is 0.497 e. The maximum atomic E-state index is 12.4. The number of rotatable bonds is 5. The third-order valence-electron chi connectivity index (χ3n) is 5.43. The van der Waals surface area contributed by atoms with Crippen molar-refractivity contribution in [1.82, 2.24) is 5.43 Å². The molecule has 1 aromatic carbocycles. The van der Waals surface area contributed by atoms with Gasteiger partial charge in [-0.1, -0.05) is 19.8 Å². The molecule has 1 aromatic rings. The highest BCUT2D eigenvalue weighted by Gasteiger charge is 2.64. The lowest BCUT2D eigenvalue weighted by atomic mass is 9.90. The molecule has 2 fully saturated rings. The van der Waals surface area contributed by atoms with Crippen LogP contribution in [0.15, 0.2) is 23.3 Å². The Kier molecular flexibility index (Phi) is 4.28. The summed E-state index contributed by atoms with van der Waals surface area (Å²) in [6.07, 6.45) is 6.41. The van der Waals surface area contributed by atoms with Gasteiger partial charge in [-0.05, 0) is 42.4 Å². The predicted octanol–water partition coefficient (Wildman–Crippen LogP) is 2.98. The number of nitrogens with zero attached hydrogens (tertiary/aromatic N) is 1. The number of hydrogen-bond acceptors (Lipinski definition) is 4. The van der Waals surface area contributed by atoms with E-state index in [1.54, 1.807) is 20.4 Å². The van der Waals surface area contributed by atoms with Crippen molar-refractivity contribution in [2.45, 2.75) is 32.6 Å². The number of methoxy groups -OCH3 is 2. The Morgan fingerprint density at radius 1 is 1.35 bits per heavy atom. The van der Waals surface area contributed by atoms with Gasteiger partial charge in [-0.15, -0.1) is 0 Å². The molecule has 0 saturated heterocycles. The van der Waals surface area contributed by atoms with E-state index >= 15 is 0 Å². The van der Waals surface area contributed by atoms with Crippen LogP contribution in [0.25, 0.3) is 0 Å². The van der Waals surface area contributed by atoms with E-state index in [0.29, 0.717) is 11.7 Å². The first-order valence-electron chi connectivity index (χ1n) is 8.15. The van der Waals surface area contributed by atoms with Crippen LogP contribution < -0.4 is 14.9 Å². The molecule has 5 heteroatoms. The molecule has 5 nitrogen and oxygen atoms in total. The Balaban J connectivity index is 1.64. The fourth-order valence-electron chi connectivity index (χ4n) is 4.03. The topological polar surface area (TPSA) is 59.9 Å². The first-order valence-corrected chi connectivity index (χ1v) is 8.15. The predicted molar refractivity (Wildman–Crippen MR) is 88.8 cm³/mol. The maximum absolute atomic E-state index is 12.4. The van der Waals surface area contributed by atoms with E-state index in [9.17, 15) is 4.79 Å². The van der Waals surface area contributed by atoms with Crippen LogP contribution in [-0.2, 0) is 4.79 Å². The van der Waals surface area contributed by atoms with E-state index in [1.807, 2.05) is 18.2 Å². The number of amides is 1. The molecule has 0 bridgehead atoms. The van der Waals surface area contributed by atoms with Gasteiger partial charge < -0.3 is 9.47 Å². The summed E-state index contributed by atoms with van der Waals surface area (Å²) in [5.41, 5.74) is 3.67. The molecule has 2 aliphatic carbocycles. The van der Waals surface area contributed by atoms with E-state index in [1.165, 1.54) is 19.3 Å². The molecular weight excluding hydrogens is 292 g/mol. The summed E-state index contributed by atoms with van der Waals surface area (Å²) in [5, 5.41) is 4.12. The van der Waals surface area contributed by atoms with Crippen molar-refractivity contribution in [2.75, 3.05) is 14.2 Å². The van der Waals surface area contributed by atoms with Crippen LogP contribution in [0.1, 0.15) is 38.2 Å². The number of hydrazone groups is 1. The zero-order valence-corrected chi connectivity index (χ0v) is 14.0. The first kappa shape index (κ1) is 15.8. The minimum atomic E-state index is 0.0394. The van der Waals surface area contributed by atoms with Gasteiger partial charge in [0.1, 0.15) is 11.5 Å². The second kappa shape index (κ2) is 6.22. The average molecular weight is 316 g/mol. The zero-order valence-electron chi connectivity index (χ0n) is 14.0. The van der Waals surface area contributed by atoms with E-state index < -0.39 is 0 Å². The van der Waals surface area contributed by atoms with E-state index in [0.717, 1.165) is 17.7 Å². The minimum absolute atomic E-state index is 0.0394. The van der Waals surface area contributed by atoms with Crippen LogP contribution in [0.2, 0.25) is 0 Å². The SMILES string of the molecule is COc1ccc(OC)c(/C=N/NC(=O)[C@H]2[C@@H]3CCCC[C@]32C)c1. The number of benzene rings is 1. The number of carbonyl (C=O) groups excluding carboxylic acids is 1. The molecule has 0 unspecified atom stereocenters. The van der Waals surface area contributed by atoms with E-state index in [2.05, 4.69) is 17.5 Å². The molecule has 0 spiro atoms. The number of hydrogen-bond donors (Lipinski definition) is 1. The van der Waals surface area contributed by atoms with Crippen molar-refractivity contribution >= 4 is 12.1 Å². The lowest BCUT2D eigenvalue weighted by Gasteiger charge is -2.15. The molecule has 2 saturated carbocycles. The number of fused-ring (bicyclic) bond motifs is 1. The Morgan fingerprint density at radius 3 is 2.83 bits per heavy atom. The maximum Gasteiger partial charge on any atom is 0.244 e. The molecule has 124 valence electrons. The van der Waals surface area contributed by atoms with Crippen LogP contribution in [0, 0.1) is 17.3 Å². The monoisotopic (exact) mass is 316 g/mol. The van der Waals surface area contributed by atoms with Crippen LogP contribution in [0.3, 0.4) is 0 Å². The molecular formula is C18H24N2O3. The normalized spacial score (nSPS) is 29.0. The van der Waals surface area contributed by atoms with Crippen molar-refractivity contribution < 1.29 is 14.3 Å². The summed E-state index contributed by atoms with van der Waals surface area (Å²) in [6.45, 7) is 2.23. The van der Waals surface area contributed by atoms with Crippen LogP contribution in [0.5, 0.6) is 11.5 Å². The fourth-order valence-corrected chi connectivity index (χ4v) is 4.03. The van der Waals surface area contributed by atoms with Crippen molar-refractivity contribution in [1.29, 1.82) is 0 Å². The third-order valence-corrected chi connectivity index (χ3v) is 5.43. The second-order valence-corrected chi connectivity index (χ2v) is 6.68. The summed E-state index contributed by atoms with van der Waals surface area (Å²) in [7, 11) is 3.22. The van der Waals surface area contributed by atoms with Crippen LogP contribution in [-0.4, -0.2) is 26.3 Å². The Morgan fingerprint density at radius 2 is 2.17 bits per heavy atom. The Labute approximate surface area is 137 Å². The Bertz CT molecular complexity index is 629. The van der Waals surface area contributed by atoms with Gasteiger partial charge in [0, 0.05) is 11.5 Å². The fraction of sp³-hybridized carbons (Fsp3) is 0.556. The summed E-state index contributed by atoms with van der Waals surface area (Å²) < 4.78 is 10.5. The summed E-state index contributed by atoms with van der Waals surface area (Å²) >= 11 is 0. The highest BCUT2D eigenvalue weighted by atomic mass is 16.5. The number of nitrogens with one attached hydrogen (secondary N) is 1. The minimum Gasteiger partial charge on any atom is -0.497 e. The second-order valence-electron chi connectivity index (χ2n) is 6.68. The van der Waals surface area contributed by atoms with Crippen molar-refractivity contribution in [2.24, 2.45) is 22.4 Å². The molecule has 2 aliphatic rings. The molecule has 0 heterocycles. The van der Waals surface area contributed by atoms with Gasteiger partial charge >= 0.3 is 0 Å². The zero-order chi connectivity index (χ0) is 16.4. The summed E-state index contributed by atoms with van der Waals surface area (Å²) in [6, 6.07) is 5.47. The summed E-state index contributed by atoms with van der Waals surface area (Å²) in [4.78, 5) is 12.4. The highest BCUT2D eigenvalue weighted by molar-refractivity contribution is 5.87. The highest BCUT2D eigenvalue weighted by Crippen LogP contribution is 2.66. The van der Waals surface area contributed by atoms with E-state index in [4.69, 9.17) is 9.47 Å². The smallest absolute Gasteiger partial charge is 0.244 e. The molecule has 0 aromatic heterocycles. The Hall–Kier alpha value is -2.04. The molecule has 0 radical (unpaired) electrons. The molecule has 3 atom stereocenters. The molecule has 1 N–H and O–H groups in total. The van der Waals surface area contributed by atoms with Gasteiger partial charge in [0.25, 0.3) is 0 Å². The van der Waals surface area contributed by atoms with Gasteiger partial charge in [0.2, 0.25) is 5.91 Å². The standard InChI is InChI=1S/C18H24N2O3/c1-18-9-5-4-6-14(18)16(18)17(21)20-19-11-12-10-13(22-2)7-8-15(12)23-3/h7-8,10-11,14,16H,4-6,9H2,1-3H3,(H,20,21)/b19-11+/t14-,16+,18+/m0/s1. The lowest BCUT2D eigenvalue weighted by molar-refractivity contribution is -0.123. The van der Waals surface area contributed by atoms with Gasteiger partial charge in [0.05, 0.1) is 20.4 Å². The van der Waals surface area contributed by atoms with Gasteiger partial charge in [-0.2, -0.15) is 5.10 Å². The van der Waals surface area contributed by atoms with Crippen molar-refractivity contribution in [3.05, 3.63) is 23.8 Å². The summed E-state index contributed by atoms with van der Waals surface area (Å²) in [5.74, 6) is 2.11. The first-order chi connectivity index (χ1) is 11.1. The molecule has 1 amide bonds. The van der Waals surface area contributed by atoms with Crippen LogP contribution in [0.4, 0.5) is 0 Å². The van der Waals surface area contributed by atoms with Gasteiger partial charge in [-0.3, -0.25) is 4.79 Å². The van der Waals surface area contributed by atoms with Crippen LogP contribution >= 0.6 is 0 Å². The average Bonchev–Trinajstić information content (AvgIpc) is 3.20. The third kappa shape index (κ3) is 2.92. The van der Waals surface area contributed by atoms with Crippen molar-refractivity contribution in [3.63, 3.8) is 0 Å². The molecule has 23 heavy (non-hydrogen) atoms. The quantitative estimate of drug-likeness (QED) is 0.671. The van der Waals surface area contributed by atoms with Gasteiger partial charge in [-0.25, -0.2) is 5.43 Å². The molecule has 3 rings (SSSR count). The molecule has 0 aliphatic heterocycles. The van der Waals surface area contributed by atoms with E-state index in [-0.39, 0.29) is 17.2 Å².